The zero-order chi connectivity index (χ0) is 18.4. The lowest BCUT2D eigenvalue weighted by atomic mass is 9.53. The van der Waals surface area contributed by atoms with E-state index in [1.54, 1.807) is 0 Å². The average molecular weight is 364 g/mol. The molecule has 5 fully saturated rings. The van der Waals surface area contributed by atoms with Gasteiger partial charge in [0.05, 0.1) is 17.7 Å². The van der Waals surface area contributed by atoms with Crippen LogP contribution in [0, 0.1) is 29.1 Å². The quantitative estimate of drug-likeness (QED) is 0.889. The molecule has 6 rings (SSSR count). The number of nitrogens with one attached hydrogen (secondary N) is 1. The molecule has 0 unspecified atom stereocenters. The van der Waals surface area contributed by atoms with Gasteiger partial charge in [0.2, 0.25) is 5.91 Å². The summed E-state index contributed by atoms with van der Waals surface area (Å²) < 4.78 is 0. The molecule has 1 aromatic carbocycles. The summed E-state index contributed by atoms with van der Waals surface area (Å²) in [4.78, 5) is 15.6. The van der Waals surface area contributed by atoms with Crippen molar-refractivity contribution in [1.29, 1.82) is 5.26 Å². The maximum atomic E-state index is 13.2. The highest BCUT2D eigenvalue weighted by Gasteiger charge is 2.52. The number of carbonyl (C=O) groups excluding carboxylic acids is 1. The molecule has 27 heavy (non-hydrogen) atoms. The zero-order valence-electron chi connectivity index (χ0n) is 16.0. The summed E-state index contributed by atoms with van der Waals surface area (Å²) in [6.45, 7) is 1.73. The van der Waals surface area contributed by atoms with Gasteiger partial charge in [-0.2, -0.15) is 5.26 Å². The molecule has 0 spiro atoms. The summed E-state index contributed by atoms with van der Waals surface area (Å²) in [5.74, 6) is 2.81. The van der Waals surface area contributed by atoms with E-state index in [4.69, 9.17) is 5.26 Å². The highest BCUT2D eigenvalue weighted by atomic mass is 16.2. The molecule has 0 aromatic heterocycles. The molecule has 4 bridgehead atoms. The Hall–Kier alpha value is -1.86. The van der Waals surface area contributed by atoms with Crippen molar-refractivity contribution in [2.24, 2.45) is 17.8 Å². The van der Waals surface area contributed by atoms with E-state index in [0.717, 1.165) is 49.2 Å². The largest absolute Gasteiger partial charge is 0.349 e. The molecule has 4 aliphatic carbocycles. The summed E-state index contributed by atoms with van der Waals surface area (Å²) >= 11 is 0. The molecule has 0 radical (unpaired) electrons. The summed E-state index contributed by atoms with van der Waals surface area (Å²) in [7, 11) is 0. The number of nitriles is 1. The van der Waals surface area contributed by atoms with Gasteiger partial charge in [0.25, 0.3) is 0 Å². The van der Waals surface area contributed by atoms with Crippen molar-refractivity contribution in [3.8, 4) is 6.07 Å². The smallest absolute Gasteiger partial charge is 0.237 e. The number of likely N-dealkylation sites (tertiary alicyclic amines) is 1. The third-order valence-electron chi connectivity index (χ3n) is 7.53. The van der Waals surface area contributed by atoms with Gasteiger partial charge in [0.1, 0.15) is 0 Å². The van der Waals surface area contributed by atoms with Crippen molar-refractivity contribution >= 4 is 5.91 Å². The number of amides is 1. The first-order chi connectivity index (χ1) is 13.1. The van der Waals surface area contributed by atoms with Crippen molar-refractivity contribution in [2.45, 2.75) is 69.5 Å². The molecule has 1 saturated heterocycles. The molecular formula is C23H29N3O. The highest BCUT2D eigenvalue weighted by Crippen LogP contribution is 2.55. The van der Waals surface area contributed by atoms with Gasteiger partial charge >= 0.3 is 0 Å². The normalized spacial score (nSPS) is 37.3. The second-order valence-electron chi connectivity index (χ2n) is 9.63. The number of carbonyl (C=O) groups is 1. The van der Waals surface area contributed by atoms with E-state index in [9.17, 15) is 4.79 Å². The Labute approximate surface area is 161 Å². The maximum Gasteiger partial charge on any atom is 0.237 e. The Bertz CT molecular complexity index is 745. The van der Waals surface area contributed by atoms with E-state index < -0.39 is 0 Å². The van der Waals surface area contributed by atoms with E-state index >= 15 is 0 Å². The molecule has 1 heterocycles. The molecule has 4 nitrogen and oxygen atoms in total. The lowest BCUT2D eigenvalue weighted by Crippen LogP contribution is -2.62. The number of benzene rings is 1. The summed E-state index contributed by atoms with van der Waals surface area (Å²) in [5.41, 5.74) is 1.92. The topological polar surface area (TPSA) is 56.1 Å². The van der Waals surface area contributed by atoms with Crippen LogP contribution < -0.4 is 5.32 Å². The van der Waals surface area contributed by atoms with Gasteiger partial charge in [-0.25, -0.2) is 0 Å². The maximum absolute atomic E-state index is 13.2. The first-order valence-electron chi connectivity index (χ1n) is 10.7. The Kier molecular flexibility index (Phi) is 4.24. The first-order valence-corrected chi connectivity index (χ1v) is 10.7. The standard InChI is InChI=1S/C23H29N3O/c24-14-16-3-1-4-17(7-16)15-26-6-2-5-21(26)22(27)25-23-11-18-8-19(12-23)10-20(9-18)13-23/h1,3-4,7,18-21H,2,5-6,8-13,15H2,(H,25,27)/t18?,19?,20?,21-,23?/m1/s1. The number of nitrogens with zero attached hydrogens (tertiary/aromatic N) is 2. The molecule has 1 amide bonds. The number of hydrogen-bond donors (Lipinski definition) is 1. The Balaban J connectivity index is 1.27. The third kappa shape index (κ3) is 3.27. The van der Waals surface area contributed by atoms with Gasteiger partial charge in [-0.15, -0.1) is 0 Å². The second kappa shape index (κ2) is 6.63. The second-order valence-corrected chi connectivity index (χ2v) is 9.63. The predicted octanol–water partition coefficient (Wildman–Crippen LogP) is 3.61. The Morgan fingerprint density at radius 3 is 2.56 bits per heavy atom. The summed E-state index contributed by atoms with van der Waals surface area (Å²) in [6.07, 6.45) is 9.87. The molecular weight excluding hydrogens is 334 g/mol. The minimum atomic E-state index is -0.0104. The molecule has 142 valence electrons. The van der Waals surface area contributed by atoms with Crippen LogP contribution in [0.3, 0.4) is 0 Å². The van der Waals surface area contributed by atoms with Crippen molar-refractivity contribution < 1.29 is 4.79 Å². The molecule has 4 saturated carbocycles. The zero-order valence-corrected chi connectivity index (χ0v) is 16.0. The van der Waals surface area contributed by atoms with Crippen molar-refractivity contribution in [1.82, 2.24) is 10.2 Å². The van der Waals surface area contributed by atoms with Crippen molar-refractivity contribution in [3.05, 3.63) is 35.4 Å². The van der Waals surface area contributed by atoms with Crippen molar-refractivity contribution in [3.63, 3.8) is 0 Å². The molecule has 4 heteroatoms. The van der Waals surface area contributed by atoms with Crippen LogP contribution in [-0.4, -0.2) is 28.9 Å². The molecule has 1 N–H and O–H groups in total. The minimum Gasteiger partial charge on any atom is -0.349 e. The van der Waals surface area contributed by atoms with Crippen LogP contribution in [0.4, 0.5) is 0 Å². The molecule has 1 atom stereocenters. The number of rotatable bonds is 4. The van der Waals surface area contributed by atoms with Crippen LogP contribution in [0.5, 0.6) is 0 Å². The number of hydrogen-bond acceptors (Lipinski definition) is 3. The van der Waals surface area contributed by atoms with Gasteiger partial charge in [-0.1, -0.05) is 12.1 Å². The highest BCUT2D eigenvalue weighted by molar-refractivity contribution is 5.83. The molecule has 5 aliphatic rings. The van der Waals surface area contributed by atoms with Gasteiger partial charge in [0.15, 0.2) is 0 Å². The van der Waals surface area contributed by atoms with Crippen LogP contribution in [-0.2, 0) is 11.3 Å². The predicted molar refractivity (Wildman–Crippen MR) is 104 cm³/mol. The Morgan fingerprint density at radius 1 is 1.19 bits per heavy atom. The van der Waals surface area contributed by atoms with Crippen LogP contribution >= 0.6 is 0 Å². The fourth-order valence-corrected chi connectivity index (χ4v) is 6.89. The minimum absolute atomic E-state index is 0.0104. The van der Waals surface area contributed by atoms with E-state index in [0.29, 0.717) is 5.56 Å². The molecule has 1 aliphatic heterocycles. The van der Waals surface area contributed by atoms with Crippen LogP contribution in [0.25, 0.3) is 0 Å². The van der Waals surface area contributed by atoms with E-state index in [1.807, 2.05) is 18.2 Å². The monoisotopic (exact) mass is 363 g/mol. The van der Waals surface area contributed by atoms with Crippen LogP contribution in [0.1, 0.15) is 62.5 Å². The lowest BCUT2D eigenvalue weighted by molar-refractivity contribution is -0.131. The van der Waals surface area contributed by atoms with Gasteiger partial charge in [0, 0.05) is 12.1 Å². The van der Waals surface area contributed by atoms with Gasteiger partial charge in [-0.05, 0) is 93.4 Å². The van der Waals surface area contributed by atoms with Crippen molar-refractivity contribution in [2.75, 3.05) is 6.54 Å². The first kappa shape index (κ1) is 17.3. The fraction of sp³-hybridized carbons (Fsp3) is 0.652. The van der Waals surface area contributed by atoms with Gasteiger partial charge < -0.3 is 5.32 Å². The average Bonchev–Trinajstić information content (AvgIpc) is 3.08. The van der Waals surface area contributed by atoms with Gasteiger partial charge in [-0.3, -0.25) is 9.69 Å². The summed E-state index contributed by atoms with van der Waals surface area (Å²) in [5, 5.41) is 12.7. The SMILES string of the molecule is N#Cc1cccc(CN2CCC[C@@H]2C(=O)NC23CC4CC(CC(C4)C2)C3)c1. The van der Waals surface area contributed by atoms with E-state index in [2.05, 4.69) is 22.4 Å². The summed E-state index contributed by atoms with van der Waals surface area (Å²) in [6, 6.07) is 9.99. The van der Waals surface area contributed by atoms with E-state index in [-0.39, 0.29) is 17.5 Å². The van der Waals surface area contributed by atoms with Crippen LogP contribution in [0.2, 0.25) is 0 Å². The molecule has 1 aromatic rings. The van der Waals surface area contributed by atoms with Crippen LogP contribution in [0.15, 0.2) is 24.3 Å². The lowest BCUT2D eigenvalue weighted by Gasteiger charge is -2.57. The van der Waals surface area contributed by atoms with E-state index in [1.165, 1.54) is 38.5 Å². The Morgan fingerprint density at radius 2 is 1.89 bits per heavy atom. The third-order valence-corrected chi connectivity index (χ3v) is 7.53. The fourth-order valence-electron chi connectivity index (χ4n) is 6.89.